The average Bonchev–Trinajstić information content (AvgIpc) is 2.75. The number of nitrogens with one attached hydrogen (secondary N) is 1. The second-order valence-electron chi connectivity index (χ2n) is 2.68. The smallest absolute Gasteiger partial charge is 0.321 e. The first-order valence-corrected chi connectivity index (χ1v) is 5.75. The van der Waals surface area contributed by atoms with Crippen LogP contribution in [0, 0.1) is 0 Å². The number of hydrogen-bond donors (Lipinski definition) is 2. The number of hydrogen-bond acceptors (Lipinski definition) is 5. The highest BCUT2D eigenvalue weighted by molar-refractivity contribution is 7.99. The van der Waals surface area contributed by atoms with Crippen LogP contribution in [0.2, 0.25) is 0 Å². The molecule has 0 bridgehead atoms. The Balaban J connectivity index is 2.03. The van der Waals surface area contributed by atoms with Gasteiger partial charge in [0.15, 0.2) is 0 Å². The lowest BCUT2D eigenvalue weighted by atomic mass is 10.3. The number of carboxylic acids is 1. The number of rotatable bonds is 2. The molecule has 4 nitrogen and oxygen atoms in total. The van der Waals surface area contributed by atoms with Crippen molar-refractivity contribution in [3.8, 4) is 0 Å². The second-order valence-corrected chi connectivity index (χ2v) is 4.54. The number of nitrogens with zero attached hydrogens (tertiary/aromatic N) is 1. The van der Waals surface area contributed by atoms with Crippen molar-refractivity contribution >= 4 is 29.1 Å². The number of carboxylic acid groups (broad SMARTS) is 1. The standard InChI is InChI=1S/C7H8N2O2S2/c10-7(11)5-2-13-6(9-5)4-1-12-3-8-4/h1,3,5-6,9H,2H2,(H,10,11). The molecule has 0 aliphatic carbocycles. The summed E-state index contributed by atoms with van der Waals surface area (Å²) in [7, 11) is 0. The van der Waals surface area contributed by atoms with Gasteiger partial charge in [-0.1, -0.05) is 0 Å². The van der Waals surface area contributed by atoms with E-state index in [0.29, 0.717) is 5.75 Å². The van der Waals surface area contributed by atoms with E-state index in [2.05, 4.69) is 10.3 Å². The van der Waals surface area contributed by atoms with Crippen LogP contribution in [0.4, 0.5) is 0 Å². The molecule has 2 unspecified atom stereocenters. The van der Waals surface area contributed by atoms with Crippen molar-refractivity contribution in [3.63, 3.8) is 0 Å². The van der Waals surface area contributed by atoms with Gasteiger partial charge in [0.25, 0.3) is 0 Å². The predicted molar refractivity (Wildman–Crippen MR) is 51.9 cm³/mol. The van der Waals surface area contributed by atoms with Crippen molar-refractivity contribution in [1.82, 2.24) is 10.3 Å². The normalized spacial score (nSPS) is 27.7. The van der Waals surface area contributed by atoms with E-state index in [1.165, 1.54) is 11.3 Å². The maximum atomic E-state index is 10.6. The lowest BCUT2D eigenvalue weighted by molar-refractivity contribution is -0.138. The first-order valence-electron chi connectivity index (χ1n) is 3.76. The summed E-state index contributed by atoms with van der Waals surface area (Å²) in [6, 6.07) is -0.434. The quantitative estimate of drug-likeness (QED) is 0.770. The highest BCUT2D eigenvalue weighted by atomic mass is 32.2. The highest BCUT2D eigenvalue weighted by Gasteiger charge is 2.30. The first kappa shape index (κ1) is 8.98. The van der Waals surface area contributed by atoms with Gasteiger partial charge in [-0.3, -0.25) is 10.1 Å². The molecule has 1 aromatic rings. The summed E-state index contributed by atoms with van der Waals surface area (Å²) < 4.78 is 0. The summed E-state index contributed by atoms with van der Waals surface area (Å²) in [6.07, 6.45) is 0. The van der Waals surface area contributed by atoms with E-state index in [9.17, 15) is 4.79 Å². The Morgan fingerprint density at radius 3 is 3.15 bits per heavy atom. The third-order valence-electron chi connectivity index (χ3n) is 1.80. The molecule has 0 spiro atoms. The lowest BCUT2D eigenvalue weighted by Gasteiger charge is -2.06. The molecule has 13 heavy (non-hydrogen) atoms. The van der Waals surface area contributed by atoms with Crippen LogP contribution >= 0.6 is 23.1 Å². The van der Waals surface area contributed by atoms with Crippen LogP contribution in [0.3, 0.4) is 0 Å². The van der Waals surface area contributed by atoms with E-state index in [-0.39, 0.29) is 5.37 Å². The molecule has 1 saturated heterocycles. The summed E-state index contributed by atoms with van der Waals surface area (Å²) in [5.74, 6) is -0.178. The maximum absolute atomic E-state index is 10.6. The number of aromatic nitrogens is 1. The van der Waals surface area contributed by atoms with Gasteiger partial charge in [-0.05, 0) is 0 Å². The van der Waals surface area contributed by atoms with Crippen LogP contribution in [0.25, 0.3) is 0 Å². The van der Waals surface area contributed by atoms with Gasteiger partial charge < -0.3 is 5.11 Å². The molecule has 0 saturated carbocycles. The van der Waals surface area contributed by atoms with Crippen LogP contribution in [0.15, 0.2) is 10.9 Å². The molecular formula is C7H8N2O2S2. The lowest BCUT2D eigenvalue weighted by Crippen LogP contribution is -2.33. The van der Waals surface area contributed by atoms with Gasteiger partial charge in [0.1, 0.15) is 6.04 Å². The van der Waals surface area contributed by atoms with Crippen molar-refractivity contribution in [3.05, 3.63) is 16.6 Å². The minimum Gasteiger partial charge on any atom is -0.480 e. The zero-order chi connectivity index (χ0) is 9.26. The fraction of sp³-hybridized carbons (Fsp3) is 0.429. The second kappa shape index (κ2) is 3.65. The van der Waals surface area contributed by atoms with Crippen LogP contribution in [0.5, 0.6) is 0 Å². The van der Waals surface area contributed by atoms with E-state index < -0.39 is 12.0 Å². The Morgan fingerprint density at radius 2 is 2.62 bits per heavy atom. The Morgan fingerprint density at radius 1 is 1.77 bits per heavy atom. The molecular weight excluding hydrogens is 208 g/mol. The minimum absolute atomic E-state index is 0.0485. The zero-order valence-corrected chi connectivity index (χ0v) is 8.27. The van der Waals surface area contributed by atoms with Gasteiger partial charge in [0, 0.05) is 11.1 Å². The topological polar surface area (TPSA) is 62.2 Å². The number of carbonyl (C=O) groups is 1. The van der Waals surface area contributed by atoms with Crippen molar-refractivity contribution < 1.29 is 9.90 Å². The molecule has 0 radical (unpaired) electrons. The molecule has 0 amide bonds. The number of thioether (sulfide) groups is 1. The van der Waals surface area contributed by atoms with Crippen LogP contribution in [-0.4, -0.2) is 27.9 Å². The molecule has 1 aromatic heterocycles. The predicted octanol–water partition coefficient (Wildman–Crippen LogP) is 0.931. The molecule has 2 heterocycles. The highest BCUT2D eigenvalue weighted by Crippen LogP contribution is 2.32. The number of thiazole rings is 1. The SMILES string of the molecule is O=C(O)C1CSC(c2cscn2)N1. The first-order chi connectivity index (χ1) is 6.27. The van der Waals surface area contributed by atoms with E-state index >= 15 is 0 Å². The third kappa shape index (κ3) is 1.84. The molecule has 1 fully saturated rings. The van der Waals surface area contributed by atoms with Gasteiger partial charge in [-0.15, -0.1) is 23.1 Å². The molecule has 6 heteroatoms. The molecule has 2 atom stereocenters. The molecule has 2 rings (SSSR count). The monoisotopic (exact) mass is 216 g/mol. The van der Waals surface area contributed by atoms with Gasteiger partial charge >= 0.3 is 5.97 Å². The van der Waals surface area contributed by atoms with E-state index in [4.69, 9.17) is 5.11 Å². The Labute approximate surface area is 83.4 Å². The third-order valence-corrected chi connectivity index (χ3v) is 3.64. The minimum atomic E-state index is -0.787. The summed E-state index contributed by atoms with van der Waals surface area (Å²) in [6.45, 7) is 0. The van der Waals surface area contributed by atoms with E-state index in [0.717, 1.165) is 5.69 Å². The summed E-state index contributed by atoms with van der Waals surface area (Å²) in [5, 5.41) is 13.7. The fourth-order valence-corrected chi connectivity index (χ4v) is 2.99. The van der Waals surface area contributed by atoms with Gasteiger partial charge in [0.05, 0.1) is 16.6 Å². The molecule has 1 aliphatic rings. The van der Waals surface area contributed by atoms with Crippen molar-refractivity contribution in [2.45, 2.75) is 11.4 Å². The van der Waals surface area contributed by atoms with Crippen molar-refractivity contribution in [2.75, 3.05) is 5.75 Å². The Kier molecular flexibility index (Phi) is 2.52. The van der Waals surface area contributed by atoms with Crippen LogP contribution in [-0.2, 0) is 4.79 Å². The number of aliphatic carboxylic acids is 1. The molecule has 2 N–H and O–H groups in total. The van der Waals surface area contributed by atoms with E-state index in [1.54, 1.807) is 17.3 Å². The van der Waals surface area contributed by atoms with Crippen LogP contribution < -0.4 is 5.32 Å². The maximum Gasteiger partial charge on any atom is 0.321 e. The summed E-state index contributed by atoms with van der Waals surface area (Å²) in [5.41, 5.74) is 2.69. The molecule has 70 valence electrons. The van der Waals surface area contributed by atoms with E-state index in [1.807, 2.05) is 5.38 Å². The van der Waals surface area contributed by atoms with Gasteiger partial charge in [0.2, 0.25) is 0 Å². The van der Waals surface area contributed by atoms with Crippen LogP contribution in [0.1, 0.15) is 11.1 Å². The van der Waals surface area contributed by atoms with Crippen molar-refractivity contribution in [1.29, 1.82) is 0 Å². The molecule has 1 aliphatic heterocycles. The fourth-order valence-electron chi connectivity index (χ4n) is 1.14. The summed E-state index contributed by atoms with van der Waals surface area (Å²) in [4.78, 5) is 14.8. The zero-order valence-electron chi connectivity index (χ0n) is 6.64. The van der Waals surface area contributed by atoms with Crippen molar-refractivity contribution in [2.24, 2.45) is 0 Å². The largest absolute Gasteiger partial charge is 0.480 e. The Hall–Kier alpha value is -0.590. The molecule has 0 aromatic carbocycles. The summed E-state index contributed by atoms with van der Waals surface area (Å²) >= 11 is 3.11. The van der Waals surface area contributed by atoms with Gasteiger partial charge in [-0.2, -0.15) is 0 Å². The Bertz CT molecular complexity index is 301. The van der Waals surface area contributed by atoms with Gasteiger partial charge in [-0.25, -0.2) is 4.98 Å². The average molecular weight is 216 g/mol.